The third-order valence-corrected chi connectivity index (χ3v) is 4.66. The summed E-state index contributed by atoms with van der Waals surface area (Å²) in [7, 11) is 0. The van der Waals surface area contributed by atoms with Crippen molar-refractivity contribution < 1.29 is 9.59 Å². The first-order valence-electron chi connectivity index (χ1n) is 9.27. The highest BCUT2D eigenvalue weighted by Crippen LogP contribution is 2.32. The Kier molecular flexibility index (Phi) is 5.69. The molecule has 142 valence electrons. The van der Waals surface area contributed by atoms with Gasteiger partial charge in [0.1, 0.15) is 12.2 Å². The Morgan fingerprint density at radius 1 is 1.22 bits per heavy atom. The van der Waals surface area contributed by atoms with E-state index in [0.29, 0.717) is 6.54 Å². The molecule has 27 heavy (non-hydrogen) atoms. The van der Waals surface area contributed by atoms with Gasteiger partial charge in [-0.2, -0.15) is 5.10 Å². The minimum Gasteiger partial charge on any atom is -0.354 e. The zero-order valence-electron chi connectivity index (χ0n) is 15.6. The van der Waals surface area contributed by atoms with E-state index in [4.69, 9.17) is 0 Å². The van der Waals surface area contributed by atoms with E-state index in [9.17, 15) is 14.4 Å². The van der Waals surface area contributed by atoms with Crippen LogP contribution in [-0.4, -0.2) is 34.2 Å². The monoisotopic (exact) mass is 368 g/mol. The molecule has 1 aromatic heterocycles. The molecular weight excluding hydrogens is 344 g/mol. The summed E-state index contributed by atoms with van der Waals surface area (Å²) in [5, 5.41) is 6.89. The highest BCUT2D eigenvalue weighted by atomic mass is 16.2. The van der Waals surface area contributed by atoms with Gasteiger partial charge in [-0.15, -0.1) is 0 Å². The summed E-state index contributed by atoms with van der Waals surface area (Å²) >= 11 is 0. The number of para-hydroxylation sites is 1. The van der Waals surface area contributed by atoms with Gasteiger partial charge in [0.05, 0.1) is 0 Å². The highest BCUT2D eigenvalue weighted by Gasteiger charge is 2.32. The lowest BCUT2D eigenvalue weighted by Crippen LogP contribution is -2.39. The van der Waals surface area contributed by atoms with Crippen molar-refractivity contribution in [2.75, 3.05) is 11.4 Å². The van der Waals surface area contributed by atoms with Crippen molar-refractivity contribution in [2.24, 2.45) is 0 Å². The number of hydrogen-bond donors (Lipinski definition) is 1. The predicted molar refractivity (Wildman–Crippen MR) is 103 cm³/mol. The predicted octanol–water partition coefficient (Wildman–Crippen LogP) is 1.75. The number of rotatable bonds is 6. The Morgan fingerprint density at radius 3 is 2.78 bits per heavy atom. The van der Waals surface area contributed by atoms with Gasteiger partial charge >= 0.3 is 0 Å². The van der Waals surface area contributed by atoms with Crippen LogP contribution in [0.25, 0.3) is 0 Å². The molecule has 1 aliphatic rings. The lowest BCUT2D eigenvalue weighted by atomic mass is 10.1. The summed E-state index contributed by atoms with van der Waals surface area (Å²) in [6.07, 6.45) is 2.62. The van der Waals surface area contributed by atoms with Crippen LogP contribution >= 0.6 is 0 Å². The zero-order valence-corrected chi connectivity index (χ0v) is 15.6. The summed E-state index contributed by atoms with van der Waals surface area (Å²) in [6, 6.07) is 10.5. The van der Waals surface area contributed by atoms with Gasteiger partial charge in [0, 0.05) is 24.3 Å². The average Bonchev–Trinajstić information content (AvgIpc) is 2.99. The first kappa shape index (κ1) is 18.8. The molecule has 1 aromatic carbocycles. The molecule has 0 saturated heterocycles. The van der Waals surface area contributed by atoms with E-state index in [1.807, 2.05) is 38.1 Å². The number of aromatic nitrogens is 2. The molecule has 1 atom stereocenters. The molecule has 0 fully saturated rings. The minimum atomic E-state index is -0.410. The van der Waals surface area contributed by atoms with Crippen molar-refractivity contribution in [3.05, 3.63) is 58.0 Å². The fraction of sp³-hybridized carbons (Fsp3) is 0.400. The Hall–Kier alpha value is -2.96. The van der Waals surface area contributed by atoms with Crippen LogP contribution < -0.4 is 15.8 Å². The summed E-state index contributed by atoms with van der Waals surface area (Å²) in [4.78, 5) is 38.8. The second-order valence-corrected chi connectivity index (χ2v) is 6.77. The topological polar surface area (TPSA) is 84.3 Å². The van der Waals surface area contributed by atoms with Crippen molar-refractivity contribution in [1.29, 1.82) is 0 Å². The molecule has 0 radical (unpaired) electrons. The lowest BCUT2D eigenvalue weighted by Gasteiger charge is -2.22. The molecular formula is C20H24N4O3. The molecule has 0 spiro atoms. The number of hydrogen-bond acceptors (Lipinski definition) is 4. The van der Waals surface area contributed by atoms with Crippen molar-refractivity contribution in [3.8, 4) is 0 Å². The van der Waals surface area contributed by atoms with Gasteiger partial charge in [-0.05, 0) is 37.5 Å². The zero-order chi connectivity index (χ0) is 19.4. The molecule has 1 aliphatic heterocycles. The third kappa shape index (κ3) is 4.07. The quantitative estimate of drug-likeness (QED) is 0.788. The van der Waals surface area contributed by atoms with Gasteiger partial charge < -0.3 is 10.2 Å². The number of nitrogens with one attached hydrogen (secondary N) is 1. The normalized spacial score (nSPS) is 15.5. The largest absolute Gasteiger partial charge is 0.354 e. The molecule has 0 saturated carbocycles. The number of carbonyl (C=O) groups excluding carboxylic acids is 2. The molecule has 7 nitrogen and oxygen atoms in total. The van der Waals surface area contributed by atoms with Gasteiger partial charge in [-0.1, -0.05) is 31.5 Å². The summed E-state index contributed by atoms with van der Waals surface area (Å²) in [5.41, 5.74) is 1.72. The van der Waals surface area contributed by atoms with E-state index in [1.165, 1.54) is 12.1 Å². The van der Waals surface area contributed by atoms with Crippen LogP contribution in [0.3, 0.4) is 0 Å². The second kappa shape index (κ2) is 8.16. The lowest BCUT2D eigenvalue weighted by molar-refractivity contribution is -0.121. The van der Waals surface area contributed by atoms with Crippen molar-refractivity contribution in [1.82, 2.24) is 15.1 Å². The maximum absolute atomic E-state index is 13.0. The van der Waals surface area contributed by atoms with E-state index in [2.05, 4.69) is 10.4 Å². The number of nitrogens with zero attached hydrogens (tertiary/aromatic N) is 3. The van der Waals surface area contributed by atoms with Crippen molar-refractivity contribution in [3.63, 3.8) is 0 Å². The average molecular weight is 368 g/mol. The molecule has 0 aliphatic carbocycles. The Labute approximate surface area is 158 Å². The molecule has 7 heteroatoms. The van der Waals surface area contributed by atoms with Gasteiger partial charge in [-0.3, -0.25) is 14.4 Å². The molecule has 1 unspecified atom stereocenters. The molecule has 2 amide bonds. The van der Waals surface area contributed by atoms with Crippen LogP contribution in [0.2, 0.25) is 0 Å². The molecule has 0 bridgehead atoms. The third-order valence-electron chi connectivity index (χ3n) is 4.66. The number of fused-ring (bicyclic) bond motifs is 1. The van der Waals surface area contributed by atoms with E-state index in [-0.39, 0.29) is 30.1 Å². The van der Waals surface area contributed by atoms with Crippen LogP contribution in [0.5, 0.6) is 0 Å². The van der Waals surface area contributed by atoms with E-state index >= 15 is 0 Å². The fourth-order valence-corrected chi connectivity index (χ4v) is 3.27. The fourth-order valence-electron chi connectivity index (χ4n) is 3.27. The molecule has 2 aromatic rings. The summed E-state index contributed by atoms with van der Waals surface area (Å²) in [6.45, 7) is 4.38. The Balaban J connectivity index is 1.80. The van der Waals surface area contributed by atoms with Crippen LogP contribution in [0.1, 0.15) is 42.7 Å². The van der Waals surface area contributed by atoms with E-state index < -0.39 is 5.56 Å². The first-order chi connectivity index (χ1) is 13.0. The molecule has 1 N–H and O–H groups in total. The van der Waals surface area contributed by atoms with Crippen molar-refractivity contribution in [2.45, 2.75) is 45.7 Å². The van der Waals surface area contributed by atoms with Crippen LogP contribution in [0, 0.1) is 0 Å². The van der Waals surface area contributed by atoms with Crippen molar-refractivity contribution >= 4 is 17.5 Å². The van der Waals surface area contributed by atoms with Gasteiger partial charge in [0.15, 0.2) is 0 Å². The molecule has 3 rings (SSSR count). The van der Waals surface area contributed by atoms with Gasteiger partial charge in [0.25, 0.3) is 11.5 Å². The maximum atomic E-state index is 13.0. The second-order valence-electron chi connectivity index (χ2n) is 6.77. The van der Waals surface area contributed by atoms with Crippen LogP contribution in [0.4, 0.5) is 5.69 Å². The van der Waals surface area contributed by atoms with Gasteiger partial charge in [-0.25, -0.2) is 4.68 Å². The Morgan fingerprint density at radius 2 is 2.00 bits per heavy atom. The number of unbranched alkanes of at least 4 members (excludes halogenated alkanes) is 1. The Bertz CT molecular complexity index is 906. The highest BCUT2D eigenvalue weighted by molar-refractivity contribution is 6.06. The minimum absolute atomic E-state index is 0.00872. The van der Waals surface area contributed by atoms with E-state index in [1.54, 1.807) is 4.90 Å². The van der Waals surface area contributed by atoms with Gasteiger partial charge in [0.2, 0.25) is 5.91 Å². The SMILES string of the molecule is CCCCNC(=O)Cn1nc(C(=O)N2c3ccccc3CC2C)ccc1=O. The number of anilines is 1. The van der Waals surface area contributed by atoms with Crippen LogP contribution in [0.15, 0.2) is 41.2 Å². The maximum Gasteiger partial charge on any atom is 0.278 e. The number of benzene rings is 1. The standard InChI is InChI=1S/C20H24N4O3/c1-3-4-11-21-18(25)13-23-19(26)10-9-16(22-23)20(27)24-14(2)12-15-7-5-6-8-17(15)24/h5-10,14H,3-4,11-13H2,1-2H3,(H,21,25). The summed E-state index contributed by atoms with van der Waals surface area (Å²) in [5.74, 6) is -0.560. The first-order valence-corrected chi connectivity index (χ1v) is 9.27. The number of amides is 2. The summed E-state index contributed by atoms with van der Waals surface area (Å²) < 4.78 is 1.04. The van der Waals surface area contributed by atoms with E-state index in [0.717, 1.165) is 35.2 Å². The molecule has 2 heterocycles. The van der Waals surface area contributed by atoms with Crippen LogP contribution in [-0.2, 0) is 17.8 Å². The number of carbonyl (C=O) groups is 2. The smallest absolute Gasteiger partial charge is 0.278 e.